The van der Waals surface area contributed by atoms with Gasteiger partial charge in [0.25, 0.3) is 0 Å². The maximum atomic E-state index is 13.4. The average Bonchev–Trinajstić information content (AvgIpc) is 3.23. The minimum atomic E-state index is -4.04. The van der Waals surface area contributed by atoms with Crippen molar-refractivity contribution in [2.75, 3.05) is 7.05 Å². The van der Waals surface area contributed by atoms with Gasteiger partial charge in [-0.05, 0) is 49.9 Å². The third-order valence-electron chi connectivity index (χ3n) is 6.10. The Bertz CT molecular complexity index is 1080. The van der Waals surface area contributed by atoms with Gasteiger partial charge in [0.1, 0.15) is 22.7 Å². The summed E-state index contributed by atoms with van der Waals surface area (Å²) in [5.74, 6) is -0.268. The first kappa shape index (κ1) is 24.3. The van der Waals surface area contributed by atoms with Crippen molar-refractivity contribution in [3.8, 4) is 6.07 Å². The molecule has 2 aromatic rings. The summed E-state index contributed by atoms with van der Waals surface area (Å²) in [4.78, 5) is 15.1. The summed E-state index contributed by atoms with van der Waals surface area (Å²) in [6, 6.07) is 9.54. The number of carbonyl (C=O) groups excluding carboxylic acids is 1. The summed E-state index contributed by atoms with van der Waals surface area (Å²) in [7, 11) is -2.29. The van der Waals surface area contributed by atoms with Crippen LogP contribution in [0.5, 0.6) is 0 Å². The maximum Gasteiger partial charge on any atom is 0.243 e. The fraction of sp³-hybridized carbons (Fsp3) is 0.478. The second-order valence-electron chi connectivity index (χ2n) is 8.29. The predicted octanol–water partition coefficient (Wildman–Crippen LogP) is 3.85. The van der Waals surface area contributed by atoms with Crippen molar-refractivity contribution in [2.45, 2.75) is 69.0 Å². The molecule has 0 saturated heterocycles. The van der Waals surface area contributed by atoms with Crippen molar-refractivity contribution in [1.82, 2.24) is 14.2 Å². The van der Waals surface area contributed by atoms with Gasteiger partial charge in [-0.3, -0.25) is 4.79 Å². The number of amides is 1. The predicted molar refractivity (Wildman–Crippen MR) is 124 cm³/mol. The molecule has 1 amide bonds. The van der Waals surface area contributed by atoms with Crippen molar-refractivity contribution < 1.29 is 13.2 Å². The van der Waals surface area contributed by atoms with E-state index in [9.17, 15) is 18.5 Å². The third kappa shape index (κ3) is 5.52. The fourth-order valence-corrected chi connectivity index (χ4v) is 6.36. The first-order valence-corrected chi connectivity index (χ1v) is 12.7. The van der Waals surface area contributed by atoms with Gasteiger partial charge in [-0.1, -0.05) is 43.0 Å². The van der Waals surface area contributed by atoms with Crippen LogP contribution in [0.3, 0.4) is 0 Å². The second kappa shape index (κ2) is 10.5. The SMILES string of the molecule is Cc1cccc(Cl)c1S(=O)(=O)NC(CCn1cccc1C#N)C(=O)N(C)C1CCCCC1. The third-order valence-corrected chi connectivity index (χ3v) is 8.20. The molecule has 1 heterocycles. The summed E-state index contributed by atoms with van der Waals surface area (Å²) in [5.41, 5.74) is 0.968. The number of halogens is 1. The zero-order chi connectivity index (χ0) is 23.3. The number of aromatic nitrogens is 1. The van der Waals surface area contributed by atoms with Crippen LogP contribution in [0.25, 0.3) is 0 Å². The van der Waals surface area contributed by atoms with Crippen LogP contribution in [0, 0.1) is 18.3 Å². The molecular weight excluding hydrogens is 448 g/mol. The van der Waals surface area contributed by atoms with Crippen molar-refractivity contribution in [2.24, 2.45) is 0 Å². The molecule has 1 aliphatic carbocycles. The Morgan fingerprint density at radius 2 is 2.00 bits per heavy atom. The largest absolute Gasteiger partial charge is 0.341 e. The quantitative estimate of drug-likeness (QED) is 0.625. The molecule has 1 N–H and O–H groups in total. The highest BCUT2D eigenvalue weighted by Gasteiger charge is 2.32. The van der Waals surface area contributed by atoms with Crippen LogP contribution in [0.2, 0.25) is 5.02 Å². The number of hydrogen-bond donors (Lipinski definition) is 1. The highest BCUT2D eigenvalue weighted by Crippen LogP contribution is 2.26. The van der Waals surface area contributed by atoms with Crippen molar-refractivity contribution in [1.29, 1.82) is 5.26 Å². The van der Waals surface area contributed by atoms with E-state index in [4.69, 9.17) is 11.6 Å². The van der Waals surface area contributed by atoms with Gasteiger partial charge in [-0.15, -0.1) is 0 Å². The van der Waals surface area contributed by atoms with Crippen LogP contribution in [-0.4, -0.2) is 42.9 Å². The molecule has 1 saturated carbocycles. The molecule has 172 valence electrons. The van der Waals surface area contributed by atoms with Crippen molar-refractivity contribution in [3.63, 3.8) is 0 Å². The van der Waals surface area contributed by atoms with Crippen LogP contribution in [0.4, 0.5) is 0 Å². The number of carbonyl (C=O) groups is 1. The molecule has 32 heavy (non-hydrogen) atoms. The Morgan fingerprint density at radius 3 is 2.66 bits per heavy atom. The zero-order valence-electron chi connectivity index (χ0n) is 18.4. The van der Waals surface area contributed by atoms with Crippen LogP contribution >= 0.6 is 11.6 Å². The highest BCUT2D eigenvalue weighted by atomic mass is 35.5. The molecule has 9 heteroatoms. The van der Waals surface area contributed by atoms with Gasteiger partial charge < -0.3 is 9.47 Å². The van der Waals surface area contributed by atoms with E-state index >= 15 is 0 Å². The fourth-order valence-electron chi connectivity index (χ4n) is 4.31. The van der Waals surface area contributed by atoms with E-state index in [-0.39, 0.29) is 28.3 Å². The van der Waals surface area contributed by atoms with E-state index in [1.54, 1.807) is 53.9 Å². The molecule has 7 nitrogen and oxygen atoms in total. The molecule has 1 atom stereocenters. The zero-order valence-corrected chi connectivity index (χ0v) is 20.0. The van der Waals surface area contributed by atoms with Crippen molar-refractivity contribution >= 4 is 27.5 Å². The lowest BCUT2D eigenvalue weighted by Crippen LogP contribution is -2.51. The molecule has 1 aliphatic rings. The normalized spacial score (nSPS) is 15.8. The minimum absolute atomic E-state index is 0.0153. The molecule has 3 rings (SSSR count). The summed E-state index contributed by atoms with van der Waals surface area (Å²) in [6.07, 6.45) is 7.08. The molecule has 1 aromatic heterocycles. The van der Waals surface area contributed by atoms with Gasteiger partial charge >= 0.3 is 0 Å². The Hall–Kier alpha value is -2.34. The van der Waals surface area contributed by atoms with Crippen LogP contribution in [0.15, 0.2) is 41.4 Å². The number of aryl methyl sites for hydroxylation is 2. The lowest BCUT2D eigenvalue weighted by atomic mass is 9.94. The van der Waals surface area contributed by atoms with Gasteiger partial charge in [-0.25, -0.2) is 8.42 Å². The molecule has 0 bridgehead atoms. The summed E-state index contributed by atoms with van der Waals surface area (Å²) < 4.78 is 30.8. The number of nitriles is 1. The van der Waals surface area contributed by atoms with E-state index < -0.39 is 16.1 Å². The highest BCUT2D eigenvalue weighted by molar-refractivity contribution is 7.89. The molecule has 0 spiro atoms. The van der Waals surface area contributed by atoms with Gasteiger partial charge in [0, 0.05) is 25.8 Å². The molecule has 0 aliphatic heterocycles. The first-order chi connectivity index (χ1) is 15.2. The van der Waals surface area contributed by atoms with Crippen LogP contribution < -0.4 is 4.72 Å². The lowest BCUT2D eigenvalue weighted by Gasteiger charge is -2.34. The number of nitrogens with zero attached hydrogens (tertiary/aromatic N) is 3. The standard InChI is InChI=1S/C23H29ClN4O3S/c1-17-8-6-12-20(24)22(17)32(30,31)26-21(13-15-28-14-7-11-19(28)16-25)23(29)27(2)18-9-4-3-5-10-18/h6-8,11-12,14,18,21,26H,3-5,9-10,13,15H2,1-2H3. The number of hydrogen-bond acceptors (Lipinski definition) is 4. The molecular formula is C23H29ClN4O3S. The second-order valence-corrected chi connectivity index (χ2v) is 10.3. The number of nitrogens with one attached hydrogen (secondary N) is 1. The van der Waals surface area contributed by atoms with E-state index in [0.717, 1.165) is 32.1 Å². The lowest BCUT2D eigenvalue weighted by molar-refractivity contribution is -0.134. The smallest absolute Gasteiger partial charge is 0.243 e. The van der Waals surface area contributed by atoms with Crippen LogP contribution in [0.1, 0.15) is 49.8 Å². The van der Waals surface area contributed by atoms with Gasteiger partial charge in [0.15, 0.2) is 0 Å². The molecule has 1 unspecified atom stereocenters. The topological polar surface area (TPSA) is 95.2 Å². The average molecular weight is 477 g/mol. The number of rotatable bonds is 8. The number of benzene rings is 1. The number of sulfonamides is 1. The Labute approximate surface area is 195 Å². The summed E-state index contributed by atoms with van der Waals surface area (Å²) in [6.45, 7) is 2.00. The van der Waals surface area contributed by atoms with E-state index in [0.29, 0.717) is 17.8 Å². The Balaban J connectivity index is 1.87. The molecule has 1 aromatic carbocycles. The Morgan fingerprint density at radius 1 is 1.28 bits per heavy atom. The first-order valence-electron chi connectivity index (χ1n) is 10.8. The van der Waals surface area contributed by atoms with Gasteiger partial charge in [0.05, 0.1) is 5.02 Å². The van der Waals surface area contributed by atoms with E-state index in [2.05, 4.69) is 10.8 Å². The van der Waals surface area contributed by atoms with Crippen molar-refractivity contribution in [3.05, 3.63) is 52.8 Å². The monoisotopic (exact) mass is 476 g/mol. The minimum Gasteiger partial charge on any atom is -0.341 e. The molecule has 1 fully saturated rings. The summed E-state index contributed by atoms with van der Waals surface area (Å²) in [5, 5.41) is 9.38. The summed E-state index contributed by atoms with van der Waals surface area (Å²) >= 11 is 6.20. The Kier molecular flexibility index (Phi) is 7.99. The van der Waals surface area contributed by atoms with E-state index in [1.165, 1.54) is 6.07 Å². The van der Waals surface area contributed by atoms with E-state index in [1.807, 2.05) is 0 Å². The van der Waals surface area contributed by atoms with Crippen LogP contribution in [-0.2, 0) is 21.4 Å². The van der Waals surface area contributed by atoms with Gasteiger partial charge in [0.2, 0.25) is 15.9 Å². The van der Waals surface area contributed by atoms with Gasteiger partial charge in [-0.2, -0.15) is 9.98 Å². The molecule has 0 radical (unpaired) electrons. The maximum absolute atomic E-state index is 13.4. The number of likely N-dealkylation sites (N-methyl/N-ethyl adjacent to an activating group) is 1.